The number of carbonyl (C=O) groups is 2. The molecule has 0 radical (unpaired) electrons. The van der Waals surface area contributed by atoms with E-state index in [2.05, 4.69) is 53.7 Å². The van der Waals surface area contributed by atoms with Crippen LogP contribution in [-0.4, -0.2) is 18.4 Å². The zero-order valence-corrected chi connectivity index (χ0v) is 20.3. The van der Waals surface area contributed by atoms with Crippen LogP contribution >= 0.6 is 0 Å². The third-order valence-electron chi connectivity index (χ3n) is 6.81. The molecule has 0 bridgehead atoms. The van der Waals surface area contributed by atoms with E-state index in [0.717, 1.165) is 24.2 Å². The number of hydrogen-bond donors (Lipinski definition) is 2. The van der Waals surface area contributed by atoms with E-state index < -0.39 is 11.8 Å². The number of primary amides is 2. The Balaban J connectivity index is 2.45. The van der Waals surface area contributed by atoms with E-state index in [-0.39, 0.29) is 29.8 Å². The summed E-state index contributed by atoms with van der Waals surface area (Å²) in [6, 6.07) is 13.4. The zero-order valence-electron chi connectivity index (χ0n) is 20.3. The lowest BCUT2D eigenvalue weighted by Gasteiger charge is -2.31. The van der Waals surface area contributed by atoms with Crippen molar-refractivity contribution in [3.8, 4) is 5.75 Å². The van der Waals surface area contributed by atoms with E-state index in [9.17, 15) is 9.59 Å². The average Bonchev–Trinajstić information content (AvgIpc) is 2.76. The maximum Gasteiger partial charge on any atom is 0.248 e. The van der Waals surface area contributed by atoms with Crippen LogP contribution in [0.4, 0.5) is 0 Å². The summed E-state index contributed by atoms with van der Waals surface area (Å²) in [5.74, 6) is -0.569. The molecule has 0 saturated carbocycles. The van der Waals surface area contributed by atoms with Crippen LogP contribution < -0.4 is 16.2 Å². The monoisotopic (exact) mass is 438 g/mol. The Labute approximate surface area is 192 Å². The van der Waals surface area contributed by atoms with E-state index in [4.69, 9.17) is 16.2 Å². The number of rotatable bonds is 11. The largest absolute Gasteiger partial charge is 0.493 e. The molecule has 0 spiro atoms. The minimum atomic E-state index is -0.533. The molecule has 0 heterocycles. The Hall–Kier alpha value is -2.82. The van der Waals surface area contributed by atoms with E-state index in [0.29, 0.717) is 11.1 Å². The van der Waals surface area contributed by atoms with Crippen LogP contribution in [0.1, 0.15) is 93.8 Å². The maximum absolute atomic E-state index is 11.9. The lowest BCUT2D eigenvalue weighted by Crippen LogP contribution is -2.25. The van der Waals surface area contributed by atoms with Gasteiger partial charge in [0, 0.05) is 23.5 Å². The number of amides is 2. The first-order valence-corrected chi connectivity index (χ1v) is 11.4. The van der Waals surface area contributed by atoms with E-state index in [1.807, 2.05) is 12.1 Å². The molecule has 32 heavy (non-hydrogen) atoms. The normalized spacial score (nSPS) is 12.9. The molecule has 0 aliphatic heterocycles. The van der Waals surface area contributed by atoms with E-state index in [1.165, 1.54) is 5.56 Å². The molecule has 0 aromatic heterocycles. The van der Waals surface area contributed by atoms with Crippen LogP contribution in [0.25, 0.3) is 0 Å². The molecular weight excluding hydrogens is 400 g/mol. The van der Waals surface area contributed by atoms with Crippen molar-refractivity contribution in [2.24, 2.45) is 11.5 Å². The highest BCUT2D eigenvalue weighted by atomic mass is 16.5. The van der Waals surface area contributed by atoms with Gasteiger partial charge in [-0.1, -0.05) is 71.9 Å². The summed E-state index contributed by atoms with van der Waals surface area (Å²) in [5, 5.41) is 0. The first-order valence-electron chi connectivity index (χ1n) is 11.4. The third kappa shape index (κ3) is 5.90. The van der Waals surface area contributed by atoms with Crippen molar-refractivity contribution in [3.63, 3.8) is 0 Å². The van der Waals surface area contributed by atoms with Crippen LogP contribution in [0.5, 0.6) is 5.75 Å². The van der Waals surface area contributed by atoms with Gasteiger partial charge in [0.1, 0.15) is 5.75 Å². The fourth-order valence-corrected chi connectivity index (χ4v) is 3.77. The Kier molecular flexibility index (Phi) is 8.11. The predicted molar refractivity (Wildman–Crippen MR) is 130 cm³/mol. The van der Waals surface area contributed by atoms with Gasteiger partial charge >= 0.3 is 0 Å². The molecule has 174 valence electrons. The first kappa shape index (κ1) is 25.4. The highest BCUT2D eigenvalue weighted by Crippen LogP contribution is 2.39. The average molecular weight is 439 g/mol. The Morgan fingerprint density at radius 3 is 2.12 bits per heavy atom. The van der Waals surface area contributed by atoms with Gasteiger partial charge in [-0.15, -0.1) is 0 Å². The molecule has 0 saturated heterocycles. The zero-order chi connectivity index (χ0) is 24.1. The smallest absolute Gasteiger partial charge is 0.248 e. The maximum atomic E-state index is 11.9. The molecular formula is C27H38N2O3. The predicted octanol–water partition coefficient (Wildman–Crippen LogP) is 5.20. The molecule has 2 rings (SSSR count). The topological polar surface area (TPSA) is 95.4 Å². The Bertz CT molecular complexity index is 963. The molecule has 2 aromatic rings. The number of benzene rings is 2. The van der Waals surface area contributed by atoms with Gasteiger partial charge in [0.05, 0.1) is 6.61 Å². The molecule has 0 fully saturated rings. The highest BCUT2D eigenvalue weighted by molar-refractivity contribution is 5.94. The number of carbonyl (C=O) groups excluding carboxylic acids is 2. The van der Waals surface area contributed by atoms with Gasteiger partial charge in [-0.25, -0.2) is 0 Å². The second-order valence-electron chi connectivity index (χ2n) is 9.82. The Morgan fingerprint density at radius 1 is 0.938 bits per heavy atom. The summed E-state index contributed by atoms with van der Waals surface area (Å²) in [7, 11) is 0. The van der Waals surface area contributed by atoms with Crippen molar-refractivity contribution < 1.29 is 14.3 Å². The minimum absolute atomic E-state index is 0.0615. The summed E-state index contributed by atoms with van der Waals surface area (Å²) in [4.78, 5) is 23.7. The molecule has 4 N–H and O–H groups in total. The van der Waals surface area contributed by atoms with Crippen LogP contribution in [0.15, 0.2) is 42.5 Å². The second kappa shape index (κ2) is 10.2. The fourth-order valence-electron chi connectivity index (χ4n) is 3.77. The van der Waals surface area contributed by atoms with Gasteiger partial charge in [0.2, 0.25) is 11.8 Å². The summed E-state index contributed by atoms with van der Waals surface area (Å²) < 4.78 is 6.32. The van der Waals surface area contributed by atoms with Crippen molar-refractivity contribution in [2.75, 3.05) is 6.61 Å². The van der Waals surface area contributed by atoms with Crippen molar-refractivity contribution >= 4 is 11.8 Å². The van der Waals surface area contributed by atoms with Crippen LogP contribution in [0, 0.1) is 0 Å². The second-order valence-corrected chi connectivity index (χ2v) is 9.82. The fraction of sp³-hybridized carbons (Fsp3) is 0.481. The number of nitrogens with two attached hydrogens (primary N) is 2. The van der Waals surface area contributed by atoms with Crippen molar-refractivity contribution in [3.05, 3.63) is 64.7 Å². The molecule has 1 unspecified atom stereocenters. The molecule has 2 amide bonds. The number of ether oxygens (including phenoxy) is 1. The lowest BCUT2D eigenvalue weighted by atomic mass is 9.76. The van der Waals surface area contributed by atoms with Crippen LogP contribution in [0.2, 0.25) is 0 Å². The molecule has 2 aromatic carbocycles. The van der Waals surface area contributed by atoms with E-state index in [1.54, 1.807) is 18.2 Å². The molecule has 0 aliphatic carbocycles. The minimum Gasteiger partial charge on any atom is -0.493 e. The third-order valence-corrected chi connectivity index (χ3v) is 6.81. The van der Waals surface area contributed by atoms with E-state index >= 15 is 0 Å². The summed E-state index contributed by atoms with van der Waals surface area (Å²) in [6.07, 6.45) is 2.05. The van der Waals surface area contributed by atoms with Gasteiger partial charge < -0.3 is 16.2 Å². The van der Waals surface area contributed by atoms with Crippen molar-refractivity contribution in [1.29, 1.82) is 0 Å². The van der Waals surface area contributed by atoms with Crippen molar-refractivity contribution in [2.45, 2.75) is 77.6 Å². The van der Waals surface area contributed by atoms with Gasteiger partial charge in [0.25, 0.3) is 0 Å². The molecule has 5 nitrogen and oxygen atoms in total. The molecule has 5 heteroatoms. The SMILES string of the molecule is CCC(C)(C)c1ccc(OCC(CC(N)=O)c2ccccc2C(N)=O)c(C(C)(C)CC)c1. The lowest BCUT2D eigenvalue weighted by molar-refractivity contribution is -0.118. The van der Waals surface area contributed by atoms with Crippen LogP contribution in [0.3, 0.4) is 0 Å². The van der Waals surface area contributed by atoms with Crippen LogP contribution in [-0.2, 0) is 15.6 Å². The van der Waals surface area contributed by atoms with Gasteiger partial charge in [-0.05, 0) is 46.9 Å². The summed E-state index contributed by atoms with van der Waals surface area (Å²) in [5.41, 5.74) is 14.5. The summed E-state index contributed by atoms with van der Waals surface area (Å²) >= 11 is 0. The van der Waals surface area contributed by atoms with Crippen molar-refractivity contribution in [1.82, 2.24) is 0 Å². The number of hydrogen-bond acceptors (Lipinski definition) is 3. The summed E-state index contributed by atoms with van der Waals surface area (Å²) in [6.45, 7) is 13.5. The highest BCUT2D eigenvalue weighted by Gasteiger charge is 2.28. The molecule has 0 aliphatic rings. The standard InChI is InChI=1S/C27H38N2O3/c1-7-26(3,4)19-13-14-23(22(16-19)27(5,6)8-2)32-17-18(15-24(28)30)20-11-9-10-12-21(20)25(29)31/h9-14,16,18H,7-8,15,17H2,1-6H3,(H2,28,30)(H2,29,31). The van der Waals surface area contributed by atoms with Gasteiger partial charge in [0.15, 0.2) is 0 Å². The van der Waals surface area contributed by atoms with Gasteiger partial charge in [-0.2, -0.15) is 0 Å². The quantitative estimate of drug-likeness (QED) is 0.505. The van der Waals surface area contributed by atoms with Gasteiger partial charge in [-0.3, -0.25) is 9.59 Å². The Morgan fingerprint density at radius 2 is 1.56 bits per heavy atom. The molecule has 1 atom stereocenters. The first-order chi connectivity index (χ1) is 14.9.